The highest BCUT2D eigenvalue weighted by Crippen LogP contribution is 2.33. The third-order valence-electron chi connectivity index (χ3n) is 2.71. The van der Waals surface area contributed by atoms with Crippen LogP contribution in [0.3, 0.4) is 0 Å². The summed E-state index contributed by atoms with van der Waals surface area (Å²) in [5.41, 5.74) is 6.41. The average Bonchev–Trinajstić information content (AvgIpc) is 2.92. The van der Waals surface area contributed by atoms with Crippen molar-refractivity contribution in [2.45, 2.75) is 25.3 Å². The normalized spacial score (nSPS) is 17.2. The van der Waals surface area contributed by atoms with Crippen LogP contribution in [0, 0.1) is 6.92 Å². The lowest BCUT2D eigenvalue weighted by molar-refractivity contribution is -0.118. The summed E-state index contributed by atoms with van der Waals surface area (Å²) in [7, 11) is 0. The van der Waals surface area contributed by atoms with Gasteiger partial charge in [-0.05, 0) is 31.4 Å². The number of nitrogens with two attached hydrogens (primary N) is 1. The van der Waals surface area contributed by atoms with Gasteiger partial charge in [0.15, 0.2) is 0 Å². The van der Waals surface area contributed by atoms with Crippen LogP contribution in [0.2, 0.25) is 0 Å². The molecule has 1 aromatic carbocycles. The van der Waals surface area contributed by atoms with E-state index < -0.39 is 5.54 Å². The zero-order valence-corrected chi connectivity index (χ0v) is 8.58. The highest BCUT2D eigenvalue weighted by atomic mass is 16.3. The lowest BCUT2D eigenvalue weighted by Gasteiger charge is -2.10. The summed E-state index contributed by atoms with van der Waals surface area (Å²) < 4.78 is 0. The lowest BCUT2D eigenvalue weighted by atomic mass is 10.2. The van der Waals surface area contributed by atoms with Crippen LogP contribution < -0.4 is 11.1 Å². The number of anilines is 1. The van der Waals surface area contributed by atoms with E-state index in [9.17, 15) is 9.90 Å². The largest absolute Gasteiger partial charge is 0.508 e. The highest BCUT2D eigenvalue weighted by molar-refractivity contribution is 6.00. The second kappa shape index (κ2) is 3.24. The van der Waals surface area contributed by atoms with Crippen molar-refractivity contribution in [2.24, 2.45) is 5.73 Å². The summed E-state index contributed by atoms with van der Waals surface area (Å²) in [6, 6.07) is 5.03. The van der Waals surface area contributed by atoms with Gasteiger partial charge in [0.1, 0.15) is 5.75 Å². The minimum Gasteiger partial charge on any atom is -0.508 e. The Hall–Kier alpha value is -1.55. The molecule has 0 unspecified atom stereocenters. The maximum Gasteiger partial charge on any atom is 0.244 e. The van der Waals surface area contributed by atoms with Crippen molar-refractivity contribution in [1.29, 1.82) is 0 Å². The minimum absolute atomic E-state index is 0.175. The van der Waals surface area contributed by atoms with Crippen LogP contribution in [0.5, 0.6) is 5.75 Å². The molecule has 0 bridgehead atoms. The molecule has 0 aromatic heterocycles. The predicted molar refractivity (Wildman–Crippen MR) is 57.6 cm³/mol. The monoisotopic (exact) mass is 206 g/mol. The number of hydrogen-bond acceptors (Lipinski definition) is 3. The van der Waals surface area contributed by atoms with Crippen LogP contribution in [-0.2, 0) is 4.79 Å². The van der Waals surface area contributed by atoms with Crippen LogP contribution in [0.15, 0.2) is 18.2 Å². The molecule has 0 aliphatic heterocycles. The van der Waals surface area contributed by atoms with Crippen molar-refractivity contribution in [3.8, 4) is 5.75 Å². The topological polar surface area (TPSA) is 75.4 Å². The lowest BCUT2D eigenvalue weighted by Crippen LogP contribution is -2.37. The molecule has 2 rings (SSSR count). The Bertz CT molecular complexity index is 411. The van der Waals surface area contributed by atoms with E-state index in [0.29, 0.717) is 5.69 Å². The van der Waals surface area contributed by atoms with E-state index in [0.717, 1.165) is 18.4 Å². The molecule has 0 heterocycles. The Morgan fingerprint density at radius 2 is 2.20 bits per heavy atom. The molecule has 1 amide bonds. The molecule has 0 radical (unpaired) electrons. The number of amides is 1. The van der Waals surface area contributed by atoms with Crippen LogP contribution >= 0.6 is 0 Å². The summed E-state index contributed by atoms with van der Waals surface area (Å²) >= 11 is 0. The molecule has 4 nitrogen and oxygen atoms in total. The van der Waals surface area contributed by atoms with Gasteiger partial charge < -0.3 is 16.2 Å². The first-order valence-electron chi connectivity index (χ1n) is 4.91. The Labute approximate surface area is 88.1 Å². The smallest absolute Gasteiger partial charge is 0.244 e. The van der Waals surface area contributed by atoms with Crippen molar-refractivity contribution in [3.05, 3.63) is 23.8 Å². The molecule has 1 aliphatic carbocycles. The zero-order valence-electron chi connectivity index (χ0n) is 8.58. The van der Waals surface area contributed by atoms with E-state index in [-0.39, 0.29) is 11.7 Å². The number of nitrogens with one attached hydrogen (secondary N) is 1. The summed E-state index contributed by atoms with van der Waals surface area (Å²) in [6.45, 7) is 1.80. The number of hydrogen-bond donors (Lipinski definition) is 3. The number of aromatic hydroxyl groups is 1. The number of carbonyl (C=O) groups excluding carboxylic acids is 1. The van der Waals surface area contributed by atoms with E-state index in [1.165, 1.54) is 6.07 Å². The first-order chi connectivity index (χ1) is 7.01. The van der Waals surface area contributed by atoms with Gasteiger partial charge in [0, 0.05) is 11.8 Å². The number of rotatable bonds is 2. The molecule has 1 saturated carbocycles. The predicted octanol–water partition coefficient (Wildman–Crippen LogP) is 1.13. The number of benzene rings is 1. The maximum atomic E-state index is 11.6. The molecule has 1 fully saturated rings. The maximum absolute atomic E-state index is 11.6. The van der Waals surface area contributed by atoms with Crippen LogP contribution in [0.25, 0.3) is 0 Å². The first-order valence-corrected chi connectivity index (χ1v) is 4.91. The highest BCUT2D eigenvalue weighted by Gasteiger charge is 2.45. The molecule has 4 N–H and O–H groups in total. The SMILES string of the molecule is Cc1ccc(NC(=O)C2(N)CC2)cc1O. The van der Waals surface area contributed by atoms with E-state index in [1.54, 1.807) is 19.1 Å². The van der Waals surface area contributed by atoms with Crippen molar-refractivity contribution in [3.63, 3.8) is 0 Å². The second-order valence-corrected chi connectivity index (χ2v) is 4.11. The van der Waals surface area contributed by atoms with Gasteiger partial charge in [0.2, 0.25) is 5.91 Å². The fourth-order valence-electron chi connectivity index (χ4n) is 1.30. The number of phenols is 1. The third-order valence-corrected chi connectivity index (χ3v) is 2.71. The molecule has 1 aliphatic rings. The van der Waals surface area contributed by atoms with Crippen molar-refractivity contribution < 1.29 is 9.90 Å². The fraction of sp³-hybridized carbons (Fsp3) is 0.364. The average molecular weight is 206 g/mol. The number of phenolic OH excluding ortho intramolecular Hbond substituents is 1. The summed E-state index contributed by atoms with van der Waals surface area (Å²) in [6.07, 6.45) is 1.47. The zero-order chi connectivity index (χ0) is 11.1. The van der Waals surface area contributed by atoms with Gasteiger partial charge in [-0.1, -0.05) is 6.07 Å². The van der Waals surface area contributed by atoms with Crippen LogP contribution in [0.1, 0.15) is 18.4 Å². The number of aryl methyl sites for hydroxylation is 1. The summed E-state index contributed by atoms with van der Waals surface area (Å²) in [5, 5.41) is 12.1. The van der Waals surface area contributed by atoms with E-state index in [2.05, 4.69) is 5.32 Å². The fourth-order valence-corrected chi connectivity index (χ4v) is 1.30. The Balaban J connectivity index is 2.11. The summed E-state index contributed by atoms with van der Waals surface area (Å²) in [5.74, 6) is 0.000390. The summed E-state index contributed by atoms with van der Waals surface area (Å²) in [4.78, 5) is 11.6. The molecule has 0 spiro atoms. The molecular formula is C11H14N2O2. The first kappa shape index (κ1) is 9.98. The van der Waals surface area contributed by atoms with Gasteiger partial charge >= 0.3 is 0 Å². The van der Waals surface area contributed by atoms with E-state index in [4.69, 9.17) is 5.73 Å². The molecular weight excluding hydrogens is 192 g/mol. The van der Waals surface area contributed by atoms with Crippen molar-refractivity contribution >= 4 is 11.6 Å². The Morgan fingerprint density at radius 1 is 1.53 bits per heavy atom. The third kappa shape index (κ3) is 1.94. The number of carbonyl (C=O) groups is 1. The van der Waals surface area contributed by atoms with E-state index in [1.807, 2.05) is 0 Å². The molecule has 0 atom stereocenters. The second-order valence-electron chi connectivity index (χ2n) is 4.11. The molecule has 4 heteroatoms. The molecule has 80 valence electrons. The van der Waals surface area contributed by atoms with Crippen molar-refractivity contribution in [2.75, 3.05) is 5.32 Å². The van der Waals surface area contributed by atoms with Crippen LogP contribution in [0.4, 0.5) is 5.69 Å². The van der Waals surface area contributed by atoms with Gasteiger partial charge in [-0.25, -0.2) is 0 Å². The Morgan fingerprint density at radius 3 is 2.73 bits per heavy atom. The van der Waals surface area contributed by atoms with E-state index >= 15 is 0 Å². The molecule has 0 saturated heterocycles. The molecule has 1 aromatic rings. The molecule has 15 heavy (non-hydrogen) atoms. The standard InChI is InChI=1S/C11H14N2O2/c1-7-2-3-8(6-9(7)14)13-10(15)11(12)4-5-11/h2-3,6,14H,4-5,12H2,1H3,(H,13,15). The minimum atomic E-state index is -0.680. The van der Waals surface area contributed by atoms with Gasteiger partial charge in [0.05, 0.1) is 5.54 Å². The van der Waals surface area contributed by atoms with Gasteiger partial charge in [-0.2, -0.15) is 0 Å². The van der Waals surface area contributed by atoms with Crippen LogP contribution in [-0.4, -0.2) is 16.6 Å². The van der Waals surface area contributed by atoms with Gasteiger partial charge in [-0.3, -0.25) is 4.79 Å². The van der Waals surface area contributed by atoms with Gasteiger partial charge in [-0.15, -0.1) is 0 Å². The Kier molecular flexibility index (Phi) is 2.16. The quantitative estimate of drug-likeness (QED) is 0.679. The van der Waals surface area contributed by atoms with Gasteiger partial charge in [0.25, 0.3) is 0 Å². The van der Waals surface area contributed by atoms with Crippen molar-refractivity contribution in [1.82, 2.24) is 0 Å².